The lowest BCUT2D eigenvalue weighted by Crippen LogP contribution is -2.10. The molecule has 2 aromatic rings. The van der Waals surface area contributed by atoms with Crippen molar-refractivity contribution in [3.63, 3.8) is 0 Å². The molecule has 4 heteroatoms. The Kier molecular flexibility index (Phi) is 6.61. The van der Waals surface area contributed by atoms with Crippen molar-refractivity contribution in [1.82, 2.24) is 4.90 Å². The maximum Gasteiger partial charge on any atom is 0.0562 e. The van der Waals surface area contributed by atoms with Gasteiger partial charge in [-0.2, -0.15) is 5.10 Å². The first-order chi connectivity index (χ1) is 10.7. The van der Waals surface area contributed by atoms with Crippen LogP contribution in [0.3, 0.4) is 0 Å². The molecule has 0 aliphatic heterocycles. The summed E-state index contributed by atoms with van der Waals surface area (Å²) in [6, 6.07) is 16.6. The van der Waals surface area contributed by atoms with Gasteiger partial charge in [0.25, 0.3) is 0 Å². The maximum absolute atomic E-state index is 4.27. The molecule has 1 N–H and O–H groups in total. The van der Waals surface area contributed by atoms with Crippen LogP contribution in [-0.2, 0) is 6.54 Å². The molecule has 3 nitrogen and oxygen atoms in total. The maximum atomic E-state index is 4.27. The predicted molar refractivity (Wildman–Crippen MR) is 105 cm³/mol. The van der Waals surface area contributed by atoms with Crippen molar-refractivity contribution in [2.24, 2.45) is 5.10 Å². The highest BCUT2D eigenvalue weighted by Crippen LogP contribution is 2.11. The van der Waals surface area contributed by atoms with E-state index in [-0.39, 0.29) is 0 Å². The number of nitrogens with zero attached hydrogens (tertiary/aromatic N) is 2. The number of hydrogen-bond acceptors (Lipinski definition) is 3. The van der Waals surface area contributed by atoms with E-state index in [9.17, 15) is 0 Å². The molecule has 0 spiro atoms. The monoisotopic (exact) mass is 405 g/mol. The molecule has 2 rings (SSSR count). The Balaban J connectivity index is 1.91. The van der Waals surface area contributed by atoms with Crippen molar-refractivity contribution < 1.29 is 0 Å². The third-order valence-electron chi connectivity index (χ3n) is 3.05. The third kappa shape index (κ3) is 5.61. The van der Waals surface area contributed by atoms with Crippen LogP contribution in [0.2, 0.25) is 0 Å². The van der Waals surface area contributed by atoms with E-state index in [0.717, 1.165) is 17.8 Å². The van der Waals surface area contributed by atoms with Crippen molar-refractivity contribution in [3.05, 3.63) is 69.3 Å². The number of benzene rings is 2. The summed E-state index contributed by atoms with van der Waals surface area (Å²) in [4.78, 5) is 2.15. The summed E-state index contributed by atoms with van der Waals surface area (Å²) in [7, 11) is 4.14. The molecule has 0 bridgehead atoms. The number of hydrogen-bond donors (Lipinski definition) is 1. The molecule has 0 saturated carbocycles. The Morgan fingerprint density at radius 1 is 1.00 bits per heavy atom. The standard InChI is InChI=1S/C18H20IN3/c1-22(2)14-17-5-3-16(4-6-17)13-20-21-18-9-7-15(8-10-18)11-12-19/h3-13,21H,14H2,1-2H3. The predicted octanol–water partition coefficient (Wildman–Crippen LogP) is 4.60. The number of halogens is 1. The van der Waals surface area contributed by atoms with E-state index in [1.54, 1.807) is 0 Å². The van der Waals surface area contributed by atoms with Crippen LogP contribution in [0.1, 0.15) is 16.7 Å². The van der Waals surface area contributed by atoms with E-state index in [4.69, 9.17) is 0 Å². The summed E-state index contributed by atoms with van der Waals surface area (Å²) in [6.45, 7) is 0.952. The molecular formula is C18H20IN3. The first-order valence-corrected chi connectivity index (χ1v) is 8.31. The molecular weight excluding hydrogens is 385 g/mol. The molecule has 0 amide bonds. The zero-order valence-electron chi connectivity index (χ0n) is 12.8. The first-order valence-electron chi connectivity index (χ1n) is 7.07. The summed E-state index contributed by atoms with van der Waals surface area (Å²) in [6.07, 6.45) is 3.89. The topological polar surface area (TPSA) is 27.6 Å². The molecule has 0 heterocycles. The van der Waals surface area contributed by atoms with Gasteiger partial charge in [0.1, 0.15) is 0 Å². The molecule has 114 valence electrons. The molecule has 0 fully saturated rings. The van der Waals surface area contributed by atoms with Crippen LogP contribution in [0.25, 0.3) is 6.08 Å². The van der Waals surface area contributed by atoms with Gasteiger partial charge in [-0.25, -0.2) is 0 Å². The van der Waals surface area contributed by atoms with Crippen LogP contribution in [0.5, 0.6) is 0 Å². The molecule has 0 aromatic heterocycles. The Labute approximate surface area is 145 Å². The minimum absolute atomic E-state index is 0.952. The van der Waals surface area contributed by atoms with Crippen molar-refractivity contribution in [3.8, 4) is 0 Å². The van der Waals surface area contributed by atoms with E-state index in [1.165, 1.54) is 11.1 Å². The van der Waals surface area contributed by atoms with Crippen molar-refractivity contribution >= 4 is 40.6 Å². The smallest absolute Gasteiger partial charge is 0.0562 e. The van der Waals surface area contributed by atoms with Crippen molar-refractivity contribution in [1.29, 1.82) is 0 Å². The van der Waals surface area contributed by atoms with Crippen LogP contribution in [-0.4, -0.2) is 25.2 Å². The Hall–Kier alpha value is -1.66. The van der Waals surface area contributed by atoms with Crippen LogP contribution < -0.4 is 5.43 Å². The number of anilines is 1. The lowest BCUT2D eigenvalue weighted by Gasteiger charge is -2.09. The van der Waals surface area contributed by atoms with Crippen LogP contribution in [0.15, 0.2) is 57.7 Å². The Morgan fingerprint density at radius 3 is 2.23 bits per heavy atom. The summed E-state index contributed by atoms with van der Waals surface area (Å²) in [5.74, 6) is 0. The minimum atomic E-state index is 0.952. The molecule has 0 radical (unpaired) electrons. The van der Waals surface area contributed by atoms with Gasteiger partial charge in [-0.15, -0.1) is 0 Å². The highest BCUT2D eigenvalue weighted by atomic mass is 127. The second-order valence-corrected chi connectivity index (χ2v) is 5.98. The lowest BCUT2D eigenvalue weighted by molar-refractivity contribution is 0.402. The molecule has 0 aliphatic rings. The van der Waals surface area contributed by atoms with E-state index < -0.39 is 0 Å². The molecule has 0 atom stereocenters. The largest absolute Gasteiger partial charge is 0.305 e. The third-order valence-corrected chi connectivity index (χ3v) is 3.41. The average molecular weight is 405 g/mol. The summed E-state index contributed by atoms with van der Waals surface area (Å²) in [5, 5.41) is 4.27. The SMILES string of the molecule is CN(C)Cc1ccc(C=NNc2ccc(C=CI)cc2)cc1. The van der Waals surface area contributed by atoms with Crippen molar-refractivity contribution in [2.75, 3.05) is 19.5 Å². The number of nitrogens with one attached hydrogen (secondary N) is 1. The van der Waals surface area contributed by atoms with Gasteiger partial charge in [-0.05, 0) is 53.1 Å². The number of rotatable bonds is 6. The fourth-order valence-corrected chi connectivity index (χ4v) is 2.41. The fraction of sp³-hybridized carbons (Fsp3) is 0.167. The van der Waals surface area contributed by atoms with Gasteiger partial charge >= 0.3 is 0 Å². The Bertz CT molecular complexity index is 628. The first kappa shape index (κ1) is 16.7. The second kappa shape index (κ2) is 8.70. The van der Waals surface area contributed by atoms with Gasteiger partial charge in [-0.3, -0.25) is 5.43 Å². The van der Waals surface area contributed by atoms with Gasteiger partial charge in [0.05, 0.1) is 11.9 Å². The molecule has 0 aliphatic carbocycles. The molecule has 22 heavy (non-hydrogen) atoms. The summed E-state index contributed by atoms with van der Waals surface area (Å²) in [5.41, 5.74) is 7.59. The van der Waals surface area contributed by atoms with E-state index >= 15 is 0 Å². The molecule has 0 unspecified atom stereocenters. The van der Waals surface area contributed by atoms with E-state index in [0.29, 0.717) is 0 Å². The van der Waals surface area contributed by atoms with Gasteiger partial charge in [0, 0.05) is 6.54 Å². The van der Waals surface area contributed by atoms with Crippen LogP contribution in [0, 0.1) is 0 Å². The lowest BCUT2D eigenvalue weighted by atomic mass is 10.1. The van der Waals surface area contributed by atoms with Crippen LogP contribution >= 0.6 is 22.6 Å². The van der Waals surface area contributed by atoms with E-state index in [1.807, 2.05) is 22.4 Å². The van der Waals surface area contributed by atoms with Crippen molar-refractivity contribution in [2.45, 2.75) is 6.54 Å². The summed E-state index contributed by atoms with van der Waals surface area (Å²) < 4.78 is 2.00. The Morgan fingerprint density at radius 2 is 1.64 bits per heavy atom. The zero-order chi connectivity index (χ0) is 15.8. The quantitative estimate of drug-likeness (QED) is 0.432. The van der Waals surface area contributed by atoms with Gasteiger partial charge in [-0.1, -0.05) is 59.0 Å². The fourth-order valence-electron chi connectivity index (χ4n) is 2.00. The van der Waals surface area contributed by atoms with Gasteiger partial charge < -0.3 is 4.90 Å². The summed E-state index contributed by atoms with van der Waals surface area (Å²) >= 11 is 2.21. The number of hydrazone groups is 1. The van der Waals surface area contributed by atoms with Gasteiger partial charge in [0.2, 0.25) is 0 Å². The van der Waals surface area contributed by atoms with Gasteiger partial charge in [0.15, 0.2) is 0 Å². The zero-order valence-corrected chi connectivity index (χ0v) is 15.0. The van der Waals surface area contributed by atoms with E-state index in [2.05, 4.69) is 94.6 Å². The second-order valence-electron chi connectivity index (χ2n) is 5.26. The highest BCUT2D eigenvalue weighted by Gasteiger charge is 1.95. The van der Waals surface area contributed by atoms with Crippen LogP contribution in [0.4, 0.5) is 5.69 Å². The average Bonchev–Trinajstić information content (AvgIpc) is 2.50. The minimum Gasteiger partial charge on any atom is -0.305 e. The molecule has 0 saturated heterocycles. The molecule has 2 aromatic carbocycles. The normalized spacial score (nSPS) is 11.6. The highest BCUT2D eigenvalue weighted by molar-refractivity contribution is 14.1.